The Morgan fingerprint density at radius 1 is 1.47 bits per heavy atom. The second kappa shape index (κ2) is 15.6. The molecule has 92 valence electrons. The van der Waals surface area contributed by atoms with Crippen molar-refractivity contribution in [1.29, 1.82) is 0 Å². The molecule has 0 aromatic carbocycles. The Morgan fingerprint density at radius 2 is 2.00 bits per heavy atom. The number of carboxylic acids is 1. The highest BCUT2D eigenvalue weighted by Crippen LogP contribution is 1.91. The van der Waals surface area contributed by atoms with Gasteiger partial charge in [-0.15, -0.1) is 6.58 Å². The maximum Gasteiger partial charge on any atom is 0.0668 e. The average molecular weight is 240 g/mol. The molecule has 0 saturated heterocycles. The number of carbonyl (C=O) groups is 1. The molecule has 0 spiro atoms. The fourth-order valence-corrected chi connectivity index (χ4v) is 0.678. The van der Waals surface area contributed by atoms with Crippen molar-refractivity contribution in [3.8, 4) is 0 Å². The lowest BCUT2D eigenvalue weighted by atomic mass is 10.2. The molecule has 0 radical (unpaired) electrons. The van der Waals surface area contributed by atoms with Gasteiger partial charge in [-0.25, -0.2) is 0 Å². The van der Waals surface area contributed by atoms with Gasteiger partial charge in [-0.1, -0.05) is 12.2 Å². The molecule has 0 aliphatic rings. The maximum absolute atomic E-state index is 10.2. The summed E-state index contributed by atoms with van der Waals surface area (Å²) < 4.78 is 0. The van der Waals surface area contributed by atoms with Crippen molar-refractivity contribution in [1.82, 2.24) is 17.6 Å². The molecule has 0 bridgehead atoms. The van der Waals surface area contributed by atoms with Crippen LogP contribution in [0.3, 0.4) is 0 Å². The number of hydrogen-bond donors (Lipinski definition) is 3. The summed E-state index contributed by atoms with van der Waals surface area (Å²) in [6, 6.07) is 0. The average Bonchev–Trinajstić information content (AvgIpc) is 2.03. The SMILES string of the molecule is C=CCNCCC=C(C)C(=O)[O-].[Cl-].[NH4+].[NH4+]. The number of rotatable bonds is 6. The van der Waals surface area contributed by atoms with Gasteiger partial charge in [0.1, 0.15) is 0 Å². The Labute approximate surface area is 97.2 Å². The van der Waals surface area contributed by atoms with Crippen LogP contribution in [0.1, 0.15) is 13.3 Å². The van der Waals surface area contributed by atoms with E-state index in [-0.39, 0.29) is 30.3 Å². The molecule has 0 amide bonds. The summed E-state index contributed by atoms with van der Waals surface area (Å²) in [5, 5.41) is 13.3. The molecule has 5 nitrogen and oxygen atoms in total. The minimum absolute atomic E-state index is 0. The van der Waals surface area contributed by atoms with E-state index in [0.717, 1.165) is 13.1 Å². The number of quaternary nitrogens is 2. The highest BCUT2D eigenvalue weighted by atomic mass is 35.5. The van der Waals surface area contributed by atoms with Crippen molar-refractivity contribution < 1.29 is 22.3 Å². The van der Waals surface area contributed by atoms with Gasteiger partial charge in [0.25, 0.3) is 0 Å². The highest BCUT2D eigenvalue weighted by molar-refractivity contribution is 5.83. The highest BCUT2D eigenvalue weighted by Gasteiger charge is 1.87. The van der Waals surface area contributed by atoms with E-state index in [1.54, 1.807) is 12.2 Å². The lowest BCUT2D eigenvalue weighted by Gasteiger charge is -2.01. The summed E-state index contributed by atoms with van der Waals surface area (Å²) in [4.78, 5) is 10.2. The Balaban J connectivity index is -0.000000202. The number of nitrogens with one attached hydrogen (secondary N) is 1. The molecule has 0 atom stereocenters. The molecule has 0 heterocycles. The van der Waals surface area contributed by atoms with Crippen LogP contribution in [-0.4, -0.2) is 19.1 Å². The van der Waals surface area contributed by atoms with Crippen LogP contribution in [0.25, 0.3) is 0 Å². The quantitative estimate of drug-likeness (QED) is 0.272. The normalized spacial score (nSPS) is 9.00. The first-order valence-corrected chi connectivity index (χ1v) is 3.88. The molecule has 0 fully saturated rings. The number of halogens is 1. The van der Waals surface area contributed by atoms with Gasteiger partial charge < -0.3 is 39.9 Å². The van der Waals surface area contributed by atoms with Gasteiger partial charge in [-0.3, -0.25) is 0 Å². The van der Waals surface area contributed by atoms with E-state index in [4.69, 9.17) is 0 Å². The molecule has 0 aromatic rings. The van der Waals surface area contributed by atoms with E-state index in [1.807, 2.05) is 0 Å². The van der Waals surface area contributed by atoms with Gasteiger partial charge in [0.05, 0.1) is 5.97 Å². The second-order valence-corrected chi connectivity index (χ2v) is 2.46. The van der Waals surface area contributed by atoms with Gasteiger partial charge >= 0.3 is 0 Å². The smallest absolute Gasteiger partial charge is 0.0668 e. The van der Waals surface area contributed by atoms with Crippen LogP contribution in [-0.2, 0) is 4.79 Å². The third kappa shape index (κ3) is 15.8. The summed E-state index contributed by atoms with van der Waals surface area (Å²) in [6.07, 6.45) is 4.11. The van der Waals surface area contributed by atoms with Crippen LogP contribution in [0.4, 0.5) is 0 Å². The first kappa shape index (κ1) is 23.7. The summed E-state index contributed by atoms with van der Waals surface area (Å²) in [5.74, 6) is -1.10. The first-order valence-electron chi connectivity index (χ1n) is 3.88. The predicted octanol–water partition coefficient (Wildman–Crippen LogP) is -2.40. The zero-order valence-electron chi connectivity index (χ0n) is 9.68. The Bertz CT molecular complexity index is 196. The predicted molar refractivity (Wildman–Crippen MR) is 58.4 cm³/mol. The molecule has 9 N–H and O–H groups in total. The molecule has 6 heteroatoms. The third-order valence-electron chi connectivity index (χ3n) is 1.38. The number of aliphatic carboxylic acids is 1. The first-order chi connectivity index (χ1) is 5.68. The Morgan fingerprint density at radius 3 is 2.40 bits per heavy atom. The maximum atomic E-state index is 10.2. The molecule has 15 heavy (non-hydrogen) atoms. The number of hydrogen-bond acceptors (Lipinski definition) is 3. The molecule has 0 unspecified atom stereocenters. The zero-order chi connectivity index (χ0) is 9.40. The second-order valence-electron chi connectivity index (χ2n) is 2.46. The van der Waals surface area contributed by atoms with Crippen LogP contribution >= 0.6 is 0 Å². The summed E-state index contributed by atoms with van der Waals surface area (Å²) in [6.45, 7) is 6.58. The van der Waals surface area contributed by atoms with E-state index in [1.165, 1.54) is 6.92 Å². The summed E-state index contributed by atoms with van der Waals surface area (Å²) in [5.41, 5.74) is 0.287. The molecular formula is C9H22ClN3O2. The summed E-state index contributed by atoms with van der Waals surface area (Å²) in [7, 11) is 0. The molecule has 0 aromatic heterocycles. The van der Waals surface area contributed by atoms with E-state index < -0.39 is 5.97 Å². The summed E-state index contributed by atoms with van der Waals surface area (Å²) >= 11 is 0. The van der Waals surface area contributed by atoms with Crippen molar-refractivity contribution in [2.75, 3.05) is 13.1 Å². The molecule has 0 rings (SSSR count). The van der Waals surface area contributed by atoms with Crippen LogP contribution in [0.5, 0.6) is 0 Å². The lowest BCUT2D eigenvalue weighted by Crippen LogP contribution is -3.00. The van der Waals surface area contributed by atoms with Crippen molar-refractivity contribution in [3.63, 3.8) is 0 Å². The van der Waals surface area contributed by atoms with Crippen LogP contribution in [0.15, 0.2) is 24.3 Å². The number of carbonyl (C=O) groups excluding carboxylic acids is 1. The monoisotopic (exact) mass is 239 g/mol. The zero-order valence-corrected chi connectivity index (χ0v) is 10.4. The standard InChI is InChI=1S/C9H15NO2.ClH.2H3N/c1-3-6-10-7-4-5-8(2)9(11)12;;;/h3,5,10H,1,4,6-7H2,2H3,(H,11,12);1H;2*1H3. The van der Waals surface area contributed by atoms with Crippen LogP contribution in [0.2, 0.25) is 0 Å². The molecule has 0 aliphatic carbocycles. The van der Waals surface area contributed by atoms with Crippen molar-refractivity contribution >= 4 is 5.97 Å². The van der Waals surface area contributed by atoms with Crippen molar-refractivity contribution in [2.24, 2.45) is 0 Å². The fourth-order valence-electron chi connectivity index (χ4n) is 0.678. The van der Waals surface area contributed by atoms with Crippen molar-refractivity contribution in [3.05, 3.63) is 24.3 Å². The molecule has 0 saturated carbocycles. The molecule has 0 aliphatic heterocycles. The van der Waals surface area contributed by atoms with E-state index >= 15 is 0 Å². The third-order valence-corrected chi connectivity index (χ3v) is 1.38. The largest absolute Gasteiger partial charge is 1.00 e. The van der Waals surface area contributed by atoms with E-state index in [0.29, 0.717) is 6.42 Å². The number of carboxylic acid groups (broad SMARTS) is 1. The van der Waals surface area contributed by atoms with Gasteiger partial charge in [0.15, 0.2) is 0 Å². The minimum atomic E-state index is -1.10. The van der Waals surface area contributed by atoms with Gasteiger partial charge in [0, 0.05) is 6.54 Å². The van der Waals surface area contributed by atoms with Gasteiger partial charge in [0.2, 0.25) is 0 Å². The van der Waals surface area contributed by atoms with Crippen molar-refractivity contribution in [2.45, 2.75) is 13.3 Å². The van der Waals surface area contributed by atoms with Crippen LogP contribution < -0.4 is 35.1 Å². The topological polar surface area (TPSA) is 125 Å². The Kier molecular flexibility index (Phi) is 24.7. The fraction of sp³-hybridized carbons (Fsp3) is 0.444. The molecular weight excluding hydrogens is 218 g/mol. The van der Waals surface area contributed by atoms with E-state index in [2.05, 4.69) is 11.9 Å². The van der Waals surface area contributed by atoms with Gasteiger partial charge in [-0.05, 0) is 25.5 Å². The van der Waals surface area contributed by atoms with Gasteiger partial charge in [-0.2, -0.15) is 0 Å². The minimum Gasteiger partial charge on any atom is -1.00 e. The lowest BCUT2D eigenvalue weighted by molar-refractivity contribution is -0.299. The van der Waals surface area contributed by atoms with Crippen LogP contribution in [0, 0.1) is 0 Å². The Hall–Kier alpha value is -0.880. The van der Waals surface area contributed by atoms with E-state index in [9.17, 15) is 9.90 Å².